The zero-order valence-electron chi connectivity index (χ0n) is 14.3. The van der Waals surface area contributed by atoms with E-state index in [1.807, 2.05) is 18.2 Å². The molecule has 0 radical (unpaired) electrons. The van der Waals surface area contributed by atoms with Gasteiger partial charge in [0.1, 0.15) is 5.75 Å². The number of carbonyl (C=O) groups is 2. The molecule has 0 unspecified atom stereocenters. The third kappa shape index (κ3) is 5.80. The maximum atomic E-state index is 12.0. The van der Waals surface area contributed by atoms with Crippen LogP contribution in [0.25, 0.3) is 0 Å². The van der Waals surface area contributed by atoms with E-state index in [1.165, 1.54) is 4.90 Å². The summed E-state index contributed by atoms with van der Waals surface area (Å²) in [5.41, 5.74) is 1.30. The maximum absolute atomic E-state index is 12.0. The molecule has 0 saturated carbocycles. The summed E-state index contributed by atoms with van der Waals surface area (Å²) in [6.07, 6.45) is 1.02. The summed E-state index contributed by atoms with van der Waals surface area (Å²) in [6, 6.07) is 14.0. The number of ether oxygens (including phenoxy) is 1. The first-order valence-corrected chi connectivity index (χ1v) is 8.34. The Hall–Kier alpha value is -2.53. The van der Waals surface area contributed by atoms with Crippen LogP contribution in [0.15, 0.2) is 48.5 Å². The molecule has 132 valence electrons. The SMILES string of the molecule is CN(C)C(=O)Nc1ccc(OCCCC(=O)c2ccccc2)c(Cl)c1. The first kappa shape index (κ1) is 18.8. The Balaban J connectivity index is 1.81. The smallest absolute Gasteiger partial charge is 0.321 e. The minimum absolute atomic E-state index is 0.0945. The van der Waals surface area contributed by atoms with Gasteiger partial charge < -0.3 is 15.0 Å². The van der Waals surface area contributed by atoms with Crippen LogP contribution >= 0.6 is 11.6 Å². The standard InChI is InChI=1S/C19H21ClN2O3/c1-22(2)19(24)21-15-10-11-18(16(20)13-15)25-12-6-9-17(23)14-7-4-3-5-8-14/h3-5,7-8,10-11,13H,6,9,12H2,1-2H3,(H,21,24). The fourth-order valence-electron chi connectivity index (χ4n) is 2.11. The van der Waals surface area contributed by atoms with Crippen molar-refractivity contribution in [1.82, 2.24) is 4.90 Å². The zero-order valence-corrected chi connectivity index (χ0v) is 15.0. The largest absolute Gasteiger partial charge is 0.492 e. The van der Waals surface area contributed by atoms with Gasteiger partial charge in [0.25, 0.3) is 0 Å². The van der Waals surface area contributed by atoms with E-state index in [1.54, 1.807) is 44.4 Å². The molecule has 0 heterocycles. The van der Waals surface area contributed by atoms with E-state index in [4.69, 9.17) is 16.3 Å². The van der Waals surface area contributed by atoms with E-state index >= 15 is 0 Å². The molecule has 0 aromatic heterocycles. The van der Waals surface area contributed by atoms with Gasteiger partial charge in [-0.05, 0) is 24.6 Å². The molecule has 2 aromatic rings. The predicted molar refractivity (Wildman–Crippen MR) is 99.7 cm³/mol. The summed E-state index contributed by atoms with van der Waals surface area (Å²) in [4.78, 5) is 25.0. The van der Waals surface area contributed by atoms with Crippen LogP contribution in [0.4, 0.5) is 10.5 Å². The van der Waals surface area contributed by atoms with Crippen LogP contribution in [-0.4, -0.2) is 37.4 Å². The highest BCUT2D eigenvalue weighted by molar-refractivity contribution is 6.32. The van der Waals surface area contributed by atoms with Gasteiger partial charge in [-0.25, -0.2) is 4.79 Å². The summed E-state index contributed by atoms with van der Waals surface area (Å²) in [7, 11) is 3.32. The molecular weight excluding hydrogens is 340 g/mol. The topological polar surface area (TPSA) is 58.6 Å². The molecule has 0 bridgehead atoms. The van der Waals surface area contributed by atoms with Gasteiger partial charge in [-0.15, -0.1) is 0 Å². The van der Waals surface area contributed by atoms with Gasteiger partial charge in [-0.3, -0.25) is 4.79 Å². The Kier molecular flexibility index (Phi) is 6.83. The molecule has 0 aliphatic rings. The van der Waals surface area contributed by atoms with Crippen LogP contribution in [0.5, 0.6) is 5.75 Å². The van der Waals surface area contributed by atoms with Gasteiger partial charge in [-0.2, -0.15) is 0 Å². The van der Waals surface area contributed by atoms with Crippen LogP contribution in [-0.2, 0) is 0 Å². The van der Waals surface area contributed by atoms with Gasteiger partial charge in [0.05, 0.1) is 11.6 Å². The van der Waals surface area contributed by atoms with Crippen molar-refractivity contribution >= 4 is 29.1 Å². The van der Waals surface area contributed by atoms with Crippen LogP contribution in [0.1, 0.15) is 23.2 Å². The summed E-state index contributed by atoms with van der Waals surface area (Å²) in [6.45, 7) is 0.391. The lowest BCUT2D eigenvalue weighted by Gasteiger charge is -2.13. The number of Topliss-reactive ketones (excluding diaryl/α,β-unsaturated/α-hetero) is 1. The second kappa shape index (κ2) is 9.08. The fourth-order valence-corrected chi connectivity index (χ4v) is 2.35. The first-order chi connectivity index (χ1) is 12.0. The average Bonchev–Trinajstić information content (AvgIpc) is 2.60. The van der Waals surface area contributed by atoms with Crippen molar-refractivity contribution in [3.05, 3.63) is 59.1 Å². The number of urea groups is 1. The minimum atomic E-state index is -0.232. The van der Waals surface area contributed by atoms with E-state index in [0.717, 1.165) is 0 Å². The second-order valence-electron chi connectivity index (χ2n) is 5.71. The summed E-state index contributed by atoms with van der Waals surface area (Å²) >= 11 is 6.17. The molecule has 0 aliphatic heterocycles. The van der Waals surface area contributed by atoms with E-state index in [0.29, 0.717) is 41.5 Å². The number of carbonyl (C=O) groups excluding carboxylic acids is 2. The summed E-state index contributed by atoms with van der Waals surface area (Å²) in [5, 5.41) is 3.12. The van der Waals surface area contributed by atoms with E-state index < -0.39 is 0 Å². The number of nitrogens with one attached hydrogen (secondary N) is 1. The number of ketones is 1. The number of benzene rings is 2. The molecule has 25 heavy (non-hydrogen) atoms. The Morgan fingerprint density at radius 3 is 2.48 bits per heavy atom. The van der Waals surface area contributed by atoms with Crippen molar-refractivity contribution in [3.63, 3.8) is 0 Å². The third-order valence-corrected chi connectivity index (χ3v) is 3.79. The highest BCUT2D eigenvalue weighted by Gasteiger charge is 2.08. The van der Waals surface area contributed by atoms with Gasteiger partial charge in [0.15, 0.2) is 5.78 Å². The van der Waals surface area contributed by atoms with Crippen LogP contribution in [0.2, 0.25) is 5.02 Å². The van der Waals surface area contributed by atoms with Gasteiger partial charge >= 0.3 is 6.03 Å². The fraction of sp³-hybridized carbons (Fsp3) is 0.263. The number of amides is 2. The number of anilines is 1. The highest BCUT2D eigenvalue weighted by Crippen LogP contribution is 2.28. The summed E-state index contributed by atoms with van der Waals surface area (Å²) in [5.74, 6) is 0.619. The highest BCUT2D eigenvalue weighted by atomic mass is 35.5. The Labute approximate surface area is 152 Å². The van der Waals surface area contributed by atoms with Crippen LogP contribution in [0.3, 0.4) is 0 Å². The van der Waals surface area contributed by atoms with Crippen molar-refractivity contribution in [3.8, 4) is 5.75 Å². The van der Waals surface area contributed by atoms with Crippen LogP contribution in [0, 0.1) is 0 Å². The molecule has 0 aliphatic carbocycles. The minimum Gasteiger partial charge on any atom is -0.492 e. The predicted octanol–water partition coefficient (Wildman–Crippen LogP) is 4.48. The molecule has 0 fully saturated rings. The first-order valence-electron chi connectivity index (χ1n) is 7.96. The molecule has 2 aromatic carbocycles. The number of nitrogens with zero attached hydrogens (tertiary/aromatic N) is 1. The molecule has 2 rings (SSSR count). The molecule has 6 heteroatoms. The molecular formula is C19H21ClN2O3. The third-order valence-electron chi connectivity index (χ3n) is 3.49. The molecule has 0 spiro atoms. The normalized spacial score (nSPS) is 10.2. The number of halogens is 1. The molecule has 0 saturated heterocycles. The van der Waals surface area contributed by atoms with Gasteiger partial charge in [0, 0.05) is 31.8 Å². The second-order valence-corrected chi connectivity index (χ2v) is 6.12. The Morgan fingerprint density at radius 1 is 1.12 bits per heavy atom. The lowest BCUT2D eigenvalue weighted by molar-refractivity contribution is 0.0973. The maximum Gasteiger partial charge on any atom is 0.321 e. The summed E-state index contributed by atoms with van der Waals surface area (Å²) < 4.78 is 5.62. The lowest BCUT2D eigenvalue weighted by Crippen LogP contribution is -2.27. The Morgan fingerprint density at radius 2 is 1.84 bits per heavy atom. The van der Waals surface area contributed by atoms with Crippen molar-refractivity contribution < 1.29 is 14.3 Å². The molecule has 2 amide bonds. The van der Waals surface area contributed by atoms with Gasteiger partial charge in [-0.1, -0.05) is 41.9 Å². The van der Waals surface area contributed by atoms with E-state index in [9.17, 15) is 9.59 Å². The van der Waals surface area contributed by atoms with Crippen molar-refractivity contribution in [2.75, 3.05) is 26.0 Å². The van der Waals surface area contributed by atoms with E-state index in [2.05, 4.69) is 5.32 Å². The molecule has 0 atom stereocenters. The zero-order chi connectivity index (χ0) is 18.2. The van der Waals surface area contributed by atoms with Crippen LogP contribution < -0.4 is 10.1 Å². The quantitative estimate of drug-likeness (QED) is 0.585. The van der Waals surface area contributed by atoms with Crippen molar-refractivity contribution in [1.29, 1.82) is 0 Å². The lowest BCUT2D eigenvalue weighted by atomic mass is 10.1. The van der Waals surface area contributed by atoms with Crippen molar-refractivity contribution in [2.45, 2.75) is 12.8 Å². The Bertz CT molecular complexity index is 733. The van der Waals surface area contributed by atoms with Gasteiger partial charge in [0.2, 0.25) is 0 Å². The number of hydrogen-bond acceptors (Lipinski definition) is 3. The molecule has 5 nitrogen and oxygen atoms in total. The monoisotopic (exact) mass is 360 g/mol. The van der Waals surface area contributed by atoms with Crippen molar-refractivity contribution in [2.24, 2.45) is 0 Å². The number of rotatable bonds is 7. The average molecular weight is 361 g/mol. The molecule has 1 N–H and O–H groups in total. The number of hydrogen-bond donors (Lipinski definition) is 1. The van der Waals surface area contributed by atoms with E-state index in [-0.39, 0.29) is 11.8 Å².